The Morgan fingerprint density at radius 3 is 2.57 bits per heavy atom. The first-order valence-electron chi connectivity index (χ1n) is 13.9. The van der Waals surface area contributed by atoms with Gasteiger partial charge in [-0.2, -0.15) is 0 Å². The number of carbonyl (C=O) groups excluding carboxylic acids is 1. The predicted molar refractivity (Wildman–Crippen MR) is 152 cm³/mol. The highest BCUT2D eigenvalue weighted by molar-refractivity contribution is 5.75. The van der Waals surface area contributed by atoms with E-state index < -0.39 is 5.60 Å². The van der Waals surface area contributed by atoms with Crippen molar-refractivity contribution in [2.24, 2.45) is 11.8 Å². The molecule has 37 heavy (non-hydrogen) atoms. The zero-order valence-corrected chi connectivity index (χ0v) is 23.2. The summed E-state index contributed by atoms with van der Waals surface area (Å²) in [6.07, 6.45) is 5.08. The van der Waals surface area contributed by atoms with E-state index in [1.807, 2.05) is 42.3 Å². The maximum atomic E-state index is 13.4. The van der Waals surface area contributed by atoms with E-state index in [1.54, 1.807) is 7.11 Å². The standard InChI is InChI=1S/C31H47N3O3/c1-24(2)21-27(22-32-3)33-30(35)34-19-12-15-26(23-34)31(36,18-10-11-20-37-4)29-17-9-8-16-28(29)25-13-6-5-7-14-25/h5-9,13-14,16-17,24,26-27,32,36H,10-12,15,18-23H2,1-4H3,(H,33,35)/t26-,27?,31+/m1/s1. The minimum atomic E-state index is -1.04. The number of benzene rings is 2. The van der Waals surface area contributed by atoms with E-state index in [0.29, 0.717) is 25.5 Å². The second-order valence-electron chi connectivity index (χ2n) is 10.9. The molecule has 1 heterocycles. The van der Waals surface area contributed by atoms with Crippen molar-refractivity contribution in [3.05, 3.63) is 60.2 Å². The average molecular weight is 510 g/mol. The monoisotopic (exact) mass is 509 g/mol. The second kappa shape index (κ2) is 14.5. The molecule has 1 aliphatic rings. The van der Waals surface area contributed by atoms with Crippen LogP contribution < -0.4 is 10.6 Å². The molecule has 1 saturated heterocycles. The van der Waals surface area contributed by atoms with E-state index in [-0.39, 0.29) is 18.0 Å². The van der Waals surface area contributed by atoms with Crippen LogP contribution in [0, 0.1) is 11.8 Å². The fourth-order valence-electron chi connectivity index (χ4n) is 5.76. The van der Waals surface area contributed by atoms with Crippen LogP contribution in [0.2, 0.25) is 0 Å². The van der Waals surface area contributed by atoms with Gasteiger partial charge in [0.25, 0.3) is 0 Å². The molecule has 0 saturated carbocycles. The highest BCUT2D eigenvalue weighted by Gasteiger charge is 2.42. The van der Waals surface area contributed by atoms with Crippen molar-refractivity contribution in [3.63, 3.8) is 0 Å². The smallest absolute Gasteiger partial charge is 0.317 e. The number of hydrogen-bond acceptors (Lipinski definition) is 4. The van der Waals surface area contributed by atoms with Gasteiger partial charge in [-0.15, -0.1) is 0 Å². The van der Waals surface area contributed by atoms with Crippen LogP contribution in [0.15, 0.2) is 54.6 Å². The van der Waals surface area contributed by atoms with E-state index in [4.69, 9.17) is 4.74 Å². The van der Waals surface area contributed by atoms with Crippen molar-refractivity contribution < 1.29 is 14.6 Å². The number of aliphatic hydroxyl groups is 1. The Labute approximate surface area is 223 Å². The lowest BCUT2D eigenvalue weighted by Crippen LogP contribution is -2.54. The summed E-state index contributed by atoms with van der Waals surface area (Å²) in [6.45, 7) is 7.05. The molecule has 204 valence electrons. The predicted octanol–water partition coefficient (Wildman–Crippen LogP) is 5.41. The number of unbranched alkanes of at least 4 members (excludes halogenated alkanes) is 1. The first kappa shape index (κ1) is 29.2. The van der Waals surface area contributed by atoms with Gasteiger partial charge < -0.3 is 25.4 Å². The summed E-state index contributed by atoms with van der Waals surface area (Å²) in [5.41, 5.74) is 2.08. The molecule has 0 aromatic heterocycles. The third kappa shape index (κ3) is 8.03. The molecule has 1 unspecified atom stereocenters. The second-order valence-corrected chi connectivity index (χ2v) is 10.9. The Kier molecular flexibility index (Phi) is 11.4. The maximum Gasteiger partial charge on any atom is 0.317 e. The van der Waals surface area contributed by atoms with Crippen molar-refractivity contribution in [2.75, 3.05) is 40.4 Å². The van der Waals surface area contributed by atoms with Crippen LogP contribution in [0.4, 0.5) is 4.79 Å². The third-order valence-electron chi connectivity index (χ3n) is 7.55. The van der Waals surface area contributed by atoms with Crippen LogP contribution in [0.1, 0.15) is 57.9 Å². The zero-order valence-electron chi connectivity index (χ0n) is 23.2. The highest BCUT2D eigenvalue weighted by atomic mass is 16.5. The molecule has 1 aliphatic heterocycles. The number of nitrogens with one attached hydrogen (secondary N) is 2. The number of piperidine rings is 1. The minimum Gasteiger partial charge on any atom is -0.385 e. The van der Waals surface area contributed by atoms with Crippen molar-refractivity contribution in [2.45, 2.75) is 64.0 Å². The number of nitrogens with zero attached hydrogens (tertiary/aromatic N) is 1. The molecule has 1 fully saturated rings. The maximum absolute atomic E-state index is 13.4. The summed E-state index contributed by atoms with van der Waals surface area (Å²) in [4.78, 5) is 15.3. The van der Waals surface area contributed by atoms with E-state index in [0.717, 1.165) is 61.9 Å². The van der Waals surface area contributed by atoms with Crippen LogP contribution in [0.25, 0.3) is 11.1 Å². The van der Waals surface area contributed by atoms with Gasteiger partial charge in [0.05, 0.1) is 5.60 Å². The van der Waals surface area contributed by atoms with E-state index in [9.17, 15) is 9.90 Å². The lowest BCUT2D eigenvalue weighted by Gasteiger charge is -2.44. The summed E-state index contributed by atoms with van der Waals surface area (Å²) < 4.78 is 5.29. The van der Waals surface area contributed by atoms with Crippen LogP contribution in [-0.4, -0.2) is 62.5 Å². The quantitative estimate of drug-likeness (QED) is 0.316. The van der Waals surface area contributed by atoms with Crippen LogP contribution >= 0.6 is 0 Å². The topological polar surface area (TPSA) is 73.8 Å². The van der Waals surface area contributed by atoms with Gasteiger partial charge in [0.15, 0.2) is 0 Å². The summed E-state index contributed by atoms with van der Waals surface area (Å²) in [5.74, 6) is 0.451. The van der Waals surface area contributed by atoms with E-state index in [1.165, 1.54) is 0 Å². The number of likely N-dealkylation sites (tertiary alicyclic amines) is 1. The number of amides is 2. The molecular weight excluding hydrogens is 462 g/mol. The first-order valence-corrected chi connectivity index (χ1v) is 13.9. The molecule has 0 bridgehead atoms. The van der Waals surface area contributed by atoms with E-state index in [2.05, 4.69) is 48.7 Å². The van der Waals surface area contributed by atoms with Crippen molar-refractivity contribution in [1.29, 1.82) is 0 Å². The summed E-state index contributed by atoms with van der Waals surface area (Å²) in [6, 6.07) is 18.6. The number of methoxy groups -OCH3 is 1. The molecule has 6 nitrogen and oxygen atoms in total. The molecule has 0 aliphatic carbocycles. The third-order valence-corrected chi connectivity index (χ3v) is 7.55. The van der Waals surface area contributed by atoms with Crippen LogP contribution in [-0.2, 0) is 10.3 Å². The van der Waals surface area contributed by atoms with E-state index >= 15 is 0 Å². The Balaban J connectivity index is 1.87. The lowest BCUT2D eigenvalue weighted by atomic mass is 9.72. The van der Waals surface area contributed by atoms with Crippen molar-refractivity contribution in [1.82, 2.24) is 15.5 Å². The average Bonchev–Trinajstić information content (AvgIpc) is 2.91. The van der Waals surface area contributed by atoms with Gasteiger partial charge in [-0.1, -0.05) is 68.4 Å². The van der Waals surface area contributed by atoms with Gasteiger partial charge in [0, 0.05) is 45.3 Å². The van der Waals surface area contributed by atoms with Crippen LogP contribution in [0.5, 0.6) is 0 Å². The molecule has 3 atom stereocenters. The minimum absolute atomic E-state index is 0.0244. The van der Waals surface area contributed by atoms with Crippen molar-refractivity contribution in [3.8, 4) is 11.1 Å². The Hall–Kier alpha value is -2.41. The lowest BCUT2D eigenvalue weighted by molar-refractivity contribution is -0.0559. The largest absolute Gasteiger partial charge is 0.385 e. The summed E-state index contributed by atoms with van der Waals surface area (Å²) >= 11 is 0. The molecule has 2 aromatic rings. The van der Waals surface area contributed by atoms with Gasteiger partial charge >= 0.3 is 6.03 Å². The fraction of sp³-hybridized carbons (Fsp3) is 0.581. The Morgan fingerprint density at radius 2 is 1.86 bits per heavy atom. The Morgan fingerprint density at radius 1 is 1.14 bits per heavy atom. The highest BCUT2D eigenvalue weighted by Crippen LogP contribution is 2.43. The molecule has 3 rings (SSSR count). The molecule has 6 heteroatoms. The van der Waals surface area contributed by atoms with Gasteiger partial charge in [-0.3, -0.25) is 0 Å². The molecule has 3 N–H and O–H groups in total. The van der Waals surface area contributed by atoms with Gasteiger partial charge in [0.1, 0.15) is 0 Å². The first-order chi connectivity index (χ1) is 17.9. The molecule has 2 aromatic carbocycles. The number of ether oxygens (including phenoxy) is 1. The fourth-order valence-corrected chi connectivity index (χ4v) is 5.76. The summed E-state index contributed by atoms with van der Waals surface area (Å²) in [5, 5.41) is 19.0. The van der Waals surface area contributed by atoms with Crippen molar-refractivity contribution >= 4 is 6.03 Å². The molecule has 0 spiro atoms. The van der Waals surface area contributed by atoms with Crippen LogP contribution in [0.3, 0.4) is 0 Å². The molecular formula is C31H47N3O3. The number of urea groups is 1. The van der Waals surface area contributed by atoms with Gasteiger partial charge in [0.2, 0.25) is 0 Å². The van der Waals surface area contributed by atoms with Gasteiger partial charge in [-0.05, 0) is 68.2 Å². The molecule has 2 amide bonds. The number of hydrogen-bond donors (Lipinski definition) is 3. The van der Waals surface area contributed by atoms with Gasteiger partial charge in [-0.25, -0.2) is 4.79 Å². The SMILES string of the molecule is CNCC(CC(C)C)NC(=O)N1CCC[C@@H]([C@@](O)(CCCCOC)c2ccccc2-c2ccccc2)C1. The number of carbonyl (C=O) groups is 1. The Bertz CT molecular complexity index is 952. The molecule has 0 radical (unpaired) electrons. The number of rotatable bonds is 13. The zero-order chi connectivity index (χ0) is 26.7. The number of likely N-dealkylation sites (N-methyl/N-ethyl adjacent to an activating group) is 1. The normalized spacial score (nSPS) is 18.4. The summed E-state index contributed by atoms with van der Waals surface area (Å²) in [7, 11) is 3.64.